The number of nitrogens with two attached hydrogens (primary N) is 1. The third-order valence-corrected chi connectivity index (χ3v) is 4.03. The van der Waals surface area contributed by atoms with E-state index < -0.39 is 0 Å². The van der Waals surface area contributed by atoms with Crippen molar-refractivity contribution in [2.75, 3.05) is 13.3 Å². The Labute approximate surface area is 141 Å². The zero-order valence-electron chi connectivity index (χ0n) is 13.9. The molecule has 126 valence electrons. The average molecular weight is 326 g/mol. The molecule has 5 nitrogen and oxygen atoms in total. The lowest BCUT2D eigenvalue weighted by atomic mass is 10.1. The quantitative estimate of drug-likeness (QED) is 0.674. The van der Waals surface area contributed by atoms with Crippen molar-refractivity contribution in [1.82, 2.24) is 4.98 Å². The molecule has 1 aliphatic heterocycles. The summed E-state index contributed by atoms with van der Waals surface area (Å²) in [4.78, 5) is 3.27. The topological polar surface area (TPSA) is 80.5 Å². The van der Waals surface area contributed by atoms with E-state index in [0.717, 1.165) is 34.5 Å². The maximum absolute atomic E-state index is 9.39. The van der Waals surface area contributed by atoms with Crippen LogP contribution >= 0.6 is 0 Å². The van der Waals surface area contributed by atoms with Crippen LogP contribution in [-0.2, 0) is 6.42 Å². The summed E-state index contributed by atoms with van der Waals surface area (Å²) in [7, 11) is 0. The number of phenolic OH excluding ortho intramolecular Hbond substituents is 1. The van der Waals surface area contributed by atoms with Gasteiger partial charge in [0.25, 0.3) is 0 Å². The highest BCUT2D eigenvalue weighted by atomic mass is 16.7. The molecule has 0 amide bonds. The molecule has 4 N–H and O–H groups in total. The molecule has 0 saturated heterocycles. The van der Waals surface area contributed by atoms with Gasteiger partial charge >= 0.3 is 0 Å². The van der Waals surface area contributed by atoms with E-state index >= 15 is 0 Å². The maximum atomic E-state index is 9.39. The Balaban J connectivity index is 0.000000149. The molecule has 5 heteroatoms. The number of benzene rings is 2. The van der Waals surface area contributed by atoms with Crippen molar-refractivity contribution in [2.24, 2.45) is 5.73 Å². The van der Waals surface area contributed by atoms with Crippen LogP contribution in [0.1, 0.15) is 16.8 Å². The average Bonchev–Trinajstić information content (AvgIpc) is 3.13. The molecule has 0 spiro atoms. The molecule has 0 atom stereocenters. The van der Waals surface area contributed by atoms with Crippen molar-refractivity contribution >= 4 is 10.9 Å². The van der Waals surface area contributed by atoms with E-state index in [0.29, 0.717) is 19.1 Å². The summed E-state index contributed by atoms with van der Waals surface area (Å²) in [6, 6.07) is 11.3. The van der Waals surface area contributed by atoms with E-state index in [1.165, 1.54) is 11.1 Å². The Morgan fingerprint density at radius 3 is 2.67 bits per heavy atom. The van der Waals surface area contributed by atoms with Crippen LogP contribution < -0.4 is 15.2 Å². The Kier molecular flexibility index (Phi) is 4.62. The summed E-state index contributed by atoms with van der Waals surface area (Å²) in [6.45, 7) is 5.05. The first-order valence-corrected chi connectivity index (χ1v) is 7.95. The number of phenols is 1. The predicted molar refractivity (Wildman–Crippen MR) is 94.8 cm³/mol. The number of H-pyrrole nitrogens is 1. The van der Waals surface area contributed by atoms with Crippen LogP contribution in [0.15, 0.2) is 36.4 Å². The number of rotatable bonds is 2. The van der Waals surface area contributed by atoms with E-state index in [1.807, 2.05) is 38.1 Å². The summed E-state index contributed by atoms with van der Waals surface area (Å²) < 4.78 is 10.3. The highest BCUT2D eigenvalue weighted by molar-refractivity contribution is 5.85. The standard InChI is InChI=1S/C11H14N2O.C8H8O2/c1-7-9(4-5-12)10-6-8(14)2-3-11(10)13-7;1-6-2-3-7-8(4-6)10-5-9-7/h2-3,6,13-14H,4-5,12H2,1H3;2-4H,5H2,1H3. The second-order valence-electron chi connectivity index (χ2n) is 5.85. The van der Waals surface area contributed by atoms with Gasteiger partial charge in [0.2, 0.25) is 6.79 Å². The zero-order chi connectivity index (χ0) is 17.1. The molecule has 24 heavy (non-hydrogen) atoms. The fourth-order valence-corrected chi connectivity index (χ4v) is 2.84. The van der Waals surface area contributed by atoms with Gasteiger partial charge in [0.05, 0.1) is 0 Å². The molecule has 2 heterocycles. The number of aromatic hydroxyl groups is 1. The van der Waals surface area contributed by atoms with Crippen LogP contribution in [0.5, 0.6) is 17.2 Å². The second kappa shape index (κ2) is 6.84. The second-order valence-corrected chi connectivity index (χ2v) is 5.85. The largest absolute Gasteiger partial charge is 0.508 e. The molecule has 0 unspecified atom stereocenters. The van der Waals surface area contributed by atoms with Gasteiger partial charge in [-0.1, -0.05) is 6.07 Å². The van der Waals surface area contributed by atoms with Gasteiger partial charge in [-0.15, -0.1) is 0 Å². The van der Waals surface area contributed by atoms with Gasteiger partial charge in [-0.2, -0.15) is 0 Å². The fourth-order valence-electron chi connectivity index (χ4n) is 2.84. The Hall–Kier alpha value is -2.66. The van der Waals surface area contributed by atoms with Gasteiger partial charge in [-0.3, -0.25) is 0 Å². The van der Waals surface area contributed by atoms with Crippen molar-refractivity contribution in [3.05, 3.63) is 53.2 Å². The molecule has 0 radical (unpaired) electrons. The maximum Gasteiger partial charge on any atom is 0.231 e. The fraction of sp³-hybridized carbons (Fsp3) is 0.263. The Morgan fingerprint density at radius 1 is 1.08 bits per heavy atom. The number of ether oxygens (including phenoxy) is 2. The molecule has 1 aromatic heterocycles. The first kappa shape index (κ1) is 16.2. The molecule has 4 rings (SSSR count). The van der Waals surface area contributed by atoms with Crippen LogP contribution in [0.3, 0.4) is 0 Å². The minimum atomic E-state index is 0.301. The van der Waals surface area contributed by atoms with Crippen molar-refractivity contribution in [2.45, 2.75) is 20.3 Å². The molecular formula is C19H22N2O3. The molecular weight excluding hydrogens is 304 g/mol. The Morgan fingerprint density at radius 2 is 1.88 bits per heavy atom. The van der Waals surface area contributed by atoms with Crippen LogP contribution in [0.4, 0.5) is 0 Å². The monoisotopic (exact) mass is 326 g/mol. The predicted octanol–water partition coefficient (Wildman–Crippen LogP) is 3.41. The summed E-state index contributed by atoms with van der Waals surface area (Å²) >= 11 is 0. The van der Waals surface area contributed by atoms with Crippen molar-refractivity contribution < 1.29 is 14.6 Å². The van der Waals surface area contributed by atoms with Crippen molar-refractivity contribution in [3.8, 4) is 17.2 Å². The summed E-state index contributed by atoms with van der Waals surface area (Å²) in [5.74, 6) is 2.01. The lowest BCUT2D eigenvalue weighted by Crippen LogP contribution is -2.03. The van der Waals surface area contributed by atoms with E-state index in [2.05, 4.69) is 4.98 Å². The molecule has 2 aromatic carbocycles. The van der Waals surface area contributed by atoms with Crippen LogP contribution in [0, 0.1) is 13.8 Å². The smallest absolute Gasteiger partial charge is 0.231 e. The molecule has 0 bridgehead atoms. The normalized spacial score (nSPS) is 12.1. The molecule has 1 aliphatic rings. The number of hydrogen-bond donors (Lipinski definition) is 3. The minimum absolute atomic E-state index is 0.301. The van der Waals surface area contributed by atoms with E-state index in [4.69, 9.17) is 15.2 Å². The summed E-state index contributed by atoms with van der Waals surface area (Å²) in [6.07, 6.45) is 0.843. The molecule has 3 aromatic rings. The number of aryl methyl sites for hydroxylation is 2. The number of hydrogen-bond acceptors (Lipinski definition) is 4. The highest BCUT2D eigenvalue weighted by Gasteiger charge is 2.11. The lowest BCUT2D eigenvalue weighted by Gasteiger charge is -1.98. The Bertz CT molecular complexity index is 855. The van der Waals surface area contributed by atoms with E-state index in [9.17, 15) is 5.11 Å². The van der Waals surface area contributed by atoms with Gasteiger partial charge in [0.1, 0.15) is 5.75 Å². The number of nitrogens with one attached hydrogen (secondary N) is 1. The van der Waals surface area contributed by atoms with Gasteiger partial charge < -0.3 is 25.3 Å². The third-order valence-electron chi connectivity index (χ3n) is 4.03. The number of aromatic amines is 1. The van der Waals surface area contributed by atoms with Crippen molar-refractivity contribution in [3.63, 3.8) is 0 Å². The number of fused-ring (bicyclic) bond motifs is 2. The van der Waals surface area contributed by atoms with E-state index in [1.54, 1.807) is 12.1 Å². The van der Waals surface area contributed by atoms with Crippen LogP contribution in [0.2, 0.25) is 0 Å². The van der Waals surface area contributed by atoms with Crippen LogP contribution in [-0.4, -0.2) is 23.4 Å². The molecule has 0 saturated carbocycles. The van der Waals surface area contributed by atoms with Gasteiger partial charge in [0, 0.05) is 16.6 Å². The molecule has 0 fully saturated rings. The van der Waals surface area contributed by atoms with Gasteiger partial charge in [-0.05, 0) is 68.3 Å². The van der Waals surface area contributed by atoms with E-state index in [-0.39, 0.29) is 0 Å². The lowest BCUT2D eigenvalue weighted by molar-refractivity contribution is 0.174. The SMILES string of the molecule is Cc1[nH]c2ccc(O)cc2c1CCN.Cc1ccc2c(c1)OCO2. The van der Waals surface area contributed by atoms with Gasteiger partial charge in [-0.25, -0.2) is 0 Å². The molecule has 0 aliphatic carbocycles. The zero-order valence-corrected chi connectivity index (χ0v) is 13.9. The first-order chi connectivity index (χ1) is 11.6. The van der Waals surface area contributed by atoms with Gasteiger partial charge in [0.15, 0.2) is 11.5 Å². The number of aromatic nitrogens is 1. The first-order valence-electron chi connectivity index (χ1n) is 7.95. The highest BCUT2D eigenvalue weighted by Crippen LogP contribution is 2.32. The minimum Gasteiger partial charge on any atom is -0.508 e. The third kappa shape index (κ3) is 3.31. The summed E-state index contributed by atoms with van der Waals surface area (Å²) in [5, 5.41) is 10.5. The van der Waals surface area contributed by atoms with Crippen LogP contribution in [0.25, 0.3) is 10.9 Å². The summed E-state index contributed by atoms with van der Waals surface area (Å²) in [5.41, 5.74) is 10.1. The van der Waals surface area contributed by atoms with Crippen molar-refractivity contribution in [1.29, 1.82) is 0 Å².